The predicted molar refractivity (Wildman–Crippen MR) is 78.8 cm³/mol. The fourth-order valence-corrected chi connectivity index (χ4v) is 2.14. The summed E-state index contributed by atoms with van der Waals surface area (Å²) in [5.74, 6) is 1.76. The van der Waals surface area contributed by atoms with E-state index in [1.54, 1.807) is 13.3 Å². The van der Waals surface area contributed by atoms with Crippen LogP contribution in [0.25, 0.3) is 0 Å². The average Bonchev–Trinajstić information content (AvgIpc) is 2.46. The van der Waals surface area contributed by atoms with Crippen molar-refractivity contribution >= 4 is 27.5 Å². The van der Waals surface area contributed by atoms with Crippen LogP contribution in [0.4, 0.5) is 0 Å². The van der Waals surface area contributed by atoms with Gasteiger partial charge in [0.2, 0.25) is 5.88 Å². The lowest BCUT2D eigenvalue weighted by molar-refractivity contribution is 0.291. The highest BCUT2D eigenvalue weighted by Gasteiger charge is 2.06. The van der Waals surface area contributed by atoms with Gasteiger partial charge in [-0.1, -0.05) is 12.1 Å². The fourth-order valence-electron chi connectivity index (χ4n) is 1.57. The molecule has 0 fully saturated rings. The summed E-state index contributed by atoms with van der Waals surface area (Å²) in [6, 6.07) is 9.62. The maximum absolute atomic E-state index is 5.87. The maximum Gasteiger partial charge on any atom is 0.218 e. The number of aromatic nitrogens is 1. The molecule has 0 aliphatic heterocycles. The molecule has 19 heavy (non-hydrogen) atoms. The molecule has 2 rings (SSSR count). The van der Waals surface area contributed by atoms with Gasteiger partial charge in [-0.3, -0.25) is 0 Å². The molecule has 0 amide bonds. The molecule has 0 saturated carbocycles. The van der Waals surface area contributed by atoms with Gasteiger partial charge in [0.05, 0.1) is 13.0 Å². The first kappa shape index (κ1) is 14.2. The lowest BCUT2D eigenvalue weighted by Crippen LogP contribution is -2.00. The first-order chi connectivity index (χ1) is 9.22. The van der Waals surface area contributed by atoms with Crippen LogP contribution in [0.15, 0.2) is 41.0 Å². The minimum Gasteiger partial charge on any atom is -0.497 e. The first-order valence-corrected chi connectivity index (χ1v) is 7.02. The second-order valence-corrected chi connectivity index (χ2v) is 5.07. The van der Waals surface area contributed by atoms with Crippen LogP contribution >= 0.6 is 27.5 Å². The molecule has 100 valence electrons. The van der Waals surface area contributed by atoms with E-state index in [1.165, 1.54) is 0 Å². The highest BCUT2D eigenvalue weighted by atomic mass is 79.9. The van der Waals surface area contributed by atoms with Gasteiger partial charge in [0, 0.05) is 16.2 Å². The normalized spacial score (nSPS) is 10.3. The summed E-state index contributed by atoms with van der Waals surface area (Å²) < 4.78 is 11.7. The smallest absolute Gasteiger partial charge is 0.218 e. The van der Waals surface area contributed by atoms with Crippen molar-refractivity contribution in [3.05, 3.63) is 52.1 Å². The summed E-state index contributed by atoms with van der Waals surface area (Å²) in [5.41, 5.74) is 1.91. The van der Waals surface area contributed by atoms with Crippen LogP contribution in [0.2, 0.25) is 0 Å². The molecule has 0 radical (unpaired) electrons. The van der Waals surface area contributed by atoms with E-state index >= 15 is 0 Å². The highest BCUT2D eigenvalue weighted by molar-refractivity contribution is 9.10. The Morgan fingerprint density at radius 3 is 2.63 bits per heavy atom. The molecule has 0 bridgehead atoms. The number of nitrogens with zero attached hydrogens (tertiary/aromatic N) is 1. The van der Waals surface area contributed by atoms with Gasteiger partial charge in [-0.25, -0.2) is 4.98 Å². The summed E-state index contributed by atoms with van der Waals surface area (Å²) in [6.07, 6.45) is 1.69. The third-order valence-corrected chi connectivity index (χ3v) is 3.29. The van der Waals surface area contributed by atoms with E-state index in [-0.39, 0.29) is 0 Å². The Kier molecular flexibility index (Phi) is 5.05. The van der Waals surface area contributed by atoms with Crippen molar-refractivity contribution in [1.29, 1.82) is 0 Å². The standard InChI is InChI=1S/C14H13BrClNO2/c1-18-13-4-2-10(3-5-13)9-19-14-11(7-16)6-12(15)8-17-14/h2-6,8H,7,9H2,1H3. The summed E-state index contributed by atoms with van der Waals surface area (Å²) in [5, 5.41) is 0. The fraction of sp³-hybridized carbons (Fsp3) is 0.214. The lowest BCUT2D eigenvalue weighted by Gasteiger charge is -2.09. The number of hydrogen-bond acceptors (Lipinski definition) is 3. The van der Waals surface area contributed by atoms with Gasteiger partial charge < -0.3 is 9.47 Å². The van der Waals surface area contributed by atoms with Gasteiger partial charge >= 0.3 is 0 Å². The van der Waals surface area contributed by atoms with Crippen molar-refractivity contribution in [1.82, 2.24) is 4.98 Å². The van der Waals surface area contributed by atoms with E-state index in [4.69, 9.17) is 21.1 Å². The highest BCUT2D eigenvalue weighted by Crippen LogP contribution is 2.22. The molecule has 0 spiro atoms. The molecule has 1 aromatic heterocycles. The Balaban J connectivity index is 2.05. The van der Waals surface area contributed by atoms with E-state index < -0.39 is 0 Å². The zero-order chi connectivity index (χ0) is 13.7. The molecule has 0 N–H and O–H groups in total. The van der Waals surface area contributed by atoms with Gasteiger partial charge in [0.25, 0.3) is 0 Å². The second kappa shape index (κ2) is 6.78. The van der Waals surface area contributed by atoms with Gasteiger partial charge in [-0.15, -0.1) is 11.6 Å². The van der Waals surface area contributed by atoms with Crippen LogP contribution < -0.4 is 9.47 Å². The molecule has 0 unspecified atom stereocenters. The average molecular weight is 343 g/mol. The third-order valence-electron chi connectivity index (χ3n) is 2.57. The molecular weight excluding hydrogens is 330 g/mol. The number of pyridine rings is 1. The molecule has 2 aromatic rings. The summed E-state index contributed by atoms with van der Waals surface area (Å²) in [4.78, 5) is 4.22. The number of alkyl halides is 1. The zero-order valence-corrected chi connectivity index (χ0v) is 12.7. The molecule has 0 aliphatic rings. The van der Waals surface area contributed by atoms with Crippen LogP contribution in [0.5, 0.6) is 11.6 Å². The molecule has 1 aromatic carbocycles. The third kappa shape index (κ3) is 3.85. The van der Waals surface area contributed by atoms with E-state index in [0.29, 0.717) is 18.4 Å². The Labute approximate surface area is 125 Å². The number of benzene rings is 1. The molecule has 3 nitrogen and oxygen atoms in total. The second-order valence-electron chi connectivity index (χ2n) is 3.89. The topological polar surface area (TPSA) is 31.4 Å². The minimum atomic E-state index is 0.365. The van der Waals surface area contributed by atoms with Crippen LogP contribution in [-0.4, -0.2) is 12.1 Å². The van der Waals surface area contributed by atoms with Gasteiger partial charge in [-0.2, -0.15) is 0 Å². The summed E-state index contributed by atoms with van der Waals surface area (Å²) >= 11 is 9.23. The molecule has 1 heterocycles. The largest absolute Gasteiger partial charge is 0.497 e. The molecule has 0 saturated heterocycles. The quantitative estimate of drug-likeness (QED) is 0.764. The summed E-state index contributed by atoms with van der Waals surface area (Å²) in [7, 11) is 1.64. The Bertz CT molecular complexity index is 546. The van der Waals surface area contributed by atoms with Crippen molar-refractivity contribution in [3.8, 4) is 11.6 Å². The van der Waals surface area contributed by atoms with E-state index in [2.05, 4.69) is 20.9 Å². The monoisotopic (exact) mass is 341 g/mol. The predicted octanol–water partition coefficient (Wildman–Crippen LogP) is 4.17. The molecule has 0 aliphatic carbocycles. The number of rotatable bonds is 5. The van der Waals surface area contributed by atoms with Gasteiger partial charge in [-0.05, 0) is 39.7 Å². The molecular formula is C14H13BrClNO2. The van der Waals surface area contributed by atoms with Crippen LogP contribution in [-0.2, 0) is 12.5 Å². The minimum absolute atomic E-state index is 0.365. The number of hydrogen-bond donors (Lipinski definition) is 0. The molecule has 0 atom stereocenters. The maximum atomic E-state index is 5.87. The van der Waals surface area contributed by atoms with Crippen molar-refractivity contribution in [2.24, 2.45) is 0 Å². The van der Waals surface area contributed by atoms with Crippen molar-refractivity contribution in [3.63, 3.8) is 0 Å². The van der Waals surface area contributed by atoms with E-state index in [1.807, 2.05) is 30.3 Å². The van der Waals surface area contributed by atoms with Gasteiger partial charge in [0.1, 0.15) is 12.4 Å². The first-order valence-electron chi connectivity index (χ1n) is 5.69. The number of ether oxygens (including phenoxy) is 2. The lowest BCUT2D eigenvalue weighted by atomic mass is 10.2. The zero-order valence-electron chi connectivity index (χ0n) is 10.4. The number of methoxy groups -OCH3 is 1. The Morgan fingerprint density at radius 2 is 2.00 bits per heavy atom. The van der Waals surface area contributed by atoms with E-state index in [0.717, 1.165) is 21.3 Å². The SMILES string of the molecule is COc1ccc(COc2ncc(Br)cc2CCl)cc1. The van der Waals surface area contributed by atoms with E-state index in [9.17, 15) is 0 Å². The van der Waals surface area contributed by atoms with Crippen molar-refractivity contribution in [2.75, 3.05) is 7.11 Å². The van der Waals surface area contributed by atoms with Crippen LogP contribution in [0, 0.1) is 0 Å². The Hall–Kier alpha value is -1.26. The van der Waals surface area contributed by atoms with Crippen LogP contribution in [0.1, 0.15) is 11.1 Å². The van der Waals surface area contributed by atoms with Crippen molar-refractivity contribution < 1.29 is 9.47 Å². The Morgan fingerprint density at radius 1 is 1.26 bits per heavy atom. The molecule has 5 heteroatoms. The summed E-state index contributed by atoms with van der Waals surface area (Å²) in [6.45, 7) is 0.447. The van der Waals surface area contributed by atoms with Gasteiger partial charge in [0.15, 0.2) is 0 Å². The number of halogens is 2. The van der Waals surface area contributed by atoms with Crippen LogP contribution in [0.3, 0.4) is 0 Å². The van der Waals surface area contributed by atoms with Crippen molar-refractivity contribution in [2.45, 2.75) is 12.5 Å².